The van der Waals surface area contributed by atoms with Gasteiger partial charge in [0.2, 0.25) is 5.91 Å². The Bertz CT molecular complexity index is 531. The van der Waals surface area contributed by atoms with Gasteiger partial charge < -0.3 is 5.32 Å². The van der Waals surface area contributed by atoms with E-state index in [9.17, 15) is 9.59 Å². The van der Waals surface area contributed by atoms with E-state index in [0.29, 0.717) is 10.7 Å². The number of hydrogen-bond acceptors (Lipinski definition) is 2. The highest BCUT2D eigenvalue weighted by Crippen LogP contribution is 2.28. The summed E-state index contributed by atoms with van der Waals surface area (Å²) < 4.78 is 0.846. The lowest BCUT2D eigenvalue weighted by Gasteiger charge is -2.37. The van der Waals surface area contributed by atoms with Crippen molar-refractivity contribution in [2.24, 2.45) is 0 Å². The molecule has 1 saturated heterocycles. The number of nitrogens with zero attached hydrogens (tertiary/aromatic N) is 1. The highest BCUT2D eigenvalue weighted by molar-refractivity contribution is 14.1. The van der Waals surface area contributed by atoms with Gasteiger partial charge in [0, 0.05) is 8.59 Å². The van der Waals surface area contributed by atoms with Crippen molar-refractivity contribution in [1.82, 2.24) is 5.32 Å². The minimum Gasteiger partial charge on any atom is -0.341 e. The predicted molar refractivity (Wildman–Crippen MR) is 78.7 cm³/mol. The van der Waals surface area contributed by atoms with Gasteiger partial charge >= 0.3 is 0 Å². The van der Waals surface area contributed by atoms with E-state index in [-0.39, 0.29) is 18.4 Å². The molecule has 6 heteroatoms. The zero-order valence-corrected chi connectivity index (χ0v) is 12.9. The first-order valence-electron chi connectivity index (χ1n) is 5.39. The van der Waals surface area contributed by atoms with E-state index in [4.69, 9.17) is 11.6 Å². The molecule has 0 unspecified atom stereocenters. The van der Waals surface area contributed by atoms with E-state index < -0.39 is 5.54 Å². The zero-order valence-electron chi connectivity index (χ0n) is 9.96. The number of carbonyl (C=O) groups is 2. The molecule has 1 fully saturated rings. The van der Waals surface area contributed by atoms with Crippen LogP contribution in [0.25, 0.3) is 0 Å². The molecule has 0 radical (unpaired) electrons. The van der Waals surface area contributed by atoms with Gasteiger partial charge in [-0.2, -0.15) is 0 Å². The Morgan fingerprint density at radius 3 is 2.67 bits per heavy atom. The van der Waals surface area contributed by atoms with Crippen LogP contribution in [0.1, 0.15) is 13.8 Å². The van der Waals surface area contributed by atoms with Crippen LogP contribution >= 0.6 is 34.2 Å². The quantitative estimate of drug-likeness (QED) is 0.762. The molecule has 0 bridgehead atoms. The lowest BCUT2D eigenvalue weighted by molar-refractivity contribution is -0.134. The number of hydrogen-bond donors (Lipinski definition) is 1. The average molecular weight is 379 g/mol. The minimum atomic E-state index is -0.877. The van der Waals surface area contributed by atoms with Gasteiger partial charge in [-0.15, -0.1) is 0 Å². The maximum Gasteiger partial charge on any atom is 0.252 e. The molecule has 0 saturated carbocycles. The van der Waals surface area contributed by atoms with Crippen LogP contribution in [0.15, 0.2) is 18.2 Å². The molecule has 0 atom stereocenters. The normalized spacial score (nSPS) is 18.8. The lowest BCUT2D eigenvalue weighted by atomic mass is 10.00. The van der Waals surface area contributed by atoms with Gasteiger partial charge in [-0.05, 0) is 54.6 Å². The number of nitrogens with one attached hydrogen (secondary N) is 1. The van der Waals surface area contributed by atoms with Crippen molar-refractivity contribution < 1.29 is 9.59 Å². The first-order valence-corrected chi connectivity index (χ1v) is 6.85. The first-order chi connectivity index (χ1) is 8.31. The third-order valence-corrected chi connectivity index (χ3v) is 3.83. The Morgan fingerprint density at radius 2 is 2.06 bits per heavy atom. The van der Waals surface area contributed by atoms with Crippen LogP contribution in [0.3, 0.4) is 0 Å². The number of rotatable bonds is 1. The van der Waals surface area contributed by atoms with E-state index in [1.165, 1.54) is 4.90 Å². The molecule has 2 amide bonds. The molecule has 1 aromatic carbocycles. The van der Waals surface area contributed by atoms with Crippen molar-refractivity contribution in [2.45, 2.75) is 19.4 Å². The fourth-order valence-electron chi connectivity index (χ4n) is 1.89. The van der Waals surface area contributed by atoms with Crippen molar-refractivity contribution in [3.63, 3.8) is 0 Å². The summed E-state index contributed by atoms with van der Waals surface area (Å²) in [6, 6.07) is 5.24. The van der Waals surface area contributed by atoms with Gasteiger partial charge in [0.15, 0.2) is 0 Å². The largest absolute Gasteiger partial charge is 0.341 e. The van der Waals surface area contributed by atoms with E-state index in [0.717, 1.165) is 3.57 Å². The Balaban J connectivity index is 2.43. The van der Waals surface area contributed by atoms with Crippen LogP contribution in [0.2, 0.25) is 5.02 Å². The van der Waals surface area contributed by atoms with Gasteiger partial charge in [-0.25, -0.2) is 0 Å². The predicted octanol–water partition coefficient (Wildman–Crippen LogP) is 2.19. The van der Waals surface area contributed by atoms with Crippen molar-refractivity contribution in [3.8, 4) is 0 Å². The molecule has 1 aliphatic rings. The smallest absolute Gasteiger partial charge is 0.252 e. The molecule has 0 aliphatic carbocycles. The molecule has 1 heterocycles. The number of amides is 2. The third-order valence-electron chi connectivity index (χ3n) is 2.73. The fraction of sp³-hybridized carbons (Fsp3) is 0.333. The molecule has 96 valence electrons. The van der Waals surface area contributed by atoms with Gasteiger partial charge in [-0.1, -0.05) is 11.6 Å². The van der Waals surface area contributed by atoms with Crippen LogP contribution in [-0.4, -0.2) is 23.9 Å². The topological polar surface area (TPSA) is 49.4 Å². The Kier molecular flexibility index (Phi) is 3.55. The number of benzene rings is 1. The van der Waals surface area contributed by atoms with Crippen LogP contribution < -0.4 is 10.2 Å². The maximum atomic E-state index is 12.3. The monoisotopic (exact) mass is 378 g/mol. The molecule has 0 aromatic heterocycles. The van der Waals surface area contributed by atoms with Crippen molar-refractivity contribution in [1.29, 1.82) is 0 Å². The van der Waals surface area contributed by atoms with Crippen molar-refractivity contribution in [3.05, 3.63) is 26.8 Å². The second kappa shape index (κ2) is 4.70. The lowest BCUT2D eigenvalue weighted by Crippen LogP contribution is -2.64. The van der Waals surface area contributed by atoms with Gasteiger partial charge in [0.05, 0.1) is 5.69 Å². The summed E-state index contributed by atoms with van der Waals surface area (Å²) in [7, 11) is 0. The molecule has 4 nitrogen and oxygen atoms in total. The SMILES string of the molecule is CC1(C)NC(=O)CN(c2ccc(Cl)cc2I)C1=O. The Labute approximate surface area is 124 Å². The molecule has 0 spiro atoms. The van der Waals surface area contributed by atoms with Crippen LogP contribution in [0.4, 0.5) is 5.69 Å². The first kappa shape index (κ1) is 13.6. The summed E-state index contributed by atoms with van der Waals surface area (Å²) in [4.78, 5) is 25.5. The number of halogens is 2. The summed E-state index contributed by atoms with van der Waals surface area (Å²) >= 11 is 8.00. The summed E-state index contributed by atoms with van der Waals surface area (Å²) in [5, 5.41) is 3.29. The molecular weight excluding hydrogens is 367 g/mol. The van der Waals surface area contributed by atoms with Gasteiger partial charge in [-0.3, -0.25) is 14.5 Å². The average Bonchev–Trinajstić information content (AvgIpc) is 2.23. The van der Waals surface area contributed by atoms with E-state index in [1.54, 1.807) is 32.0 Å². The molecule has 1 aliphatic heterocycles. The molecular formula is C12H12ClIN2O2. The van der Waals surface area contributed by atoms with Crippen molar-refractivity contribution >= 4 is 51.7 Å². The number of piperazine rings is 1. The molecule has 2 rings (SSSR count). The van der Waals surface area contributed by atoms with Gasteiger partial charge in [0.1, 0.15) is 12.1 Å². The van der Waals surface area contributed by atoms with Crippen LogP contribution in [-0.2, 0) is 9.59 Å². The third kappa shape index (κ3) is 2.47. The second-order valence-electron chi connectivity index (χ2n) is 4.66. The van der Waals surface area contributed by atoms with Crippen LogP contribution in [0, 0.1) is 3.57 Å². The molecule has 1 N–H and O–H groups in total. The highest BCUT2D eigenvalue weighted by atomic mass is 127. The Hall–Kier alpha value is -0.820. The minimum absolute atomic E-state index is 0.0416. The second-order valence-corrected chi connectivity index (χ2v) is 6.26. The number of carbonyl (C=O) groups excluding carboxylic acids is 2. The van der Waals surface area contributed by atoms with E-state index in [1.807, 2.05) is 0 Å². The van der Waals surface area contributed by atoms with Crippen molar-refractivity contribution in [2.75, 3.05) is 11.4 Å². The van der Waals surface area contributed by atoms with E-state index in [2.05, 4.69) is 27.9 Å². The standard InChI is InChI=1S/C12H12ClIN2O2/c1-12(2)11(18)16(6-10(17)15-12)9-4-3-7(13)5-8(9)14/h3-5H,6H2,1-2H3,(H,15,17). The maximum absolute atomic E-state index is 12.3. The summed E-state index contributed by atoms with van der Waals surface area (Å²) in [5.41, 5.74) is -0.161. The summed E-state index contributed by atoms with van der Waals surface area (Å²) in [5.74, 6) is -0.285. The summed E-state index contributed by atoms with van der Waals surface area (Å²) in [6.45, 7) is 3.43. The van der Waals surface area contributed by atoms with Gasteiger partial charge in [0.25, 0.3) is 5.91 Å². The Morgan fingerprint density at radius 1 is 1.39 bits per heavy atom. The van der Waals surface area contributed by atoms with E-state index >= 15 is 0 Å². The summed E-state index contributed by atoms with van der Waals surface area (Å²) in [6.07, 6.45) is 0. The molecule has 1 aromatic rings. The zero-order chi connectivity index (χ0) is 13.5. The van der Waals surface area contributed by atoms with Crippen LogP contribution in [0.5, 0.6) is 0 Å². The molecule has 18 heavy (non-hydrogen) atoms. The fourth-order valence-corrected chi connectivity index (χ4v) is 3.05. The highest BCUT2D eigenvalue weighted by Gasteiger charge is 2.40. The number of anilines is 1.